The fourth-order valence-corrected chi connectivity index (χ4v) is 1.47. The topological polar surface area (TPSA) is 50.8 Å². The van der Waals surface area contributed by atoms with Crippen molar-refractivity contribution >= 4 is 40.6 Å². The largest absolute Gasteiger partial charge is 0.342 e. The molecule has 18 heavy (non-hydrogen) atoms. The first-order valence-electron chi connectivity index (χ1n) is 5.06. The maximum Gasteiger partial charge on any atom is 0.342 e. The first-order valence-corrected chi connectivity index (χ1v) is 5.85. The molecule has 0 heterocycles. The molecule has 0 radical (unpaired) electrons. The molecule has 0 bridgehead atoms. The first-order chi connectivity index (χ1) is 8.40. The molecule has 7 heteroatoms. The van der Waals surface area contributed by atoms with Gasteiger partial charge in [0.15, 0.2) is 0 Å². The first kappa shape index (κ1) is 14.7. The Hall–Kier alpha value is -1.37. The second-order valence-electron chi connectivity index (χ2n) is 3.54. The molecule has 0 spiro atoms. The van der Waals surface area contributed by atoms with Crippen LogP contribution in [0.25, 0.3) is 0 Å². The fourth-order valence-electron chi connectivity index (χ4n) is 1.10. The molecule has 1 aromatic carbocycles. The van der Waals surface area contributed by atoms with E-state index in [9.17, 15) is 4.79 Å². The molecule has 0 fully saturated rings. The Morgan fingerprint density at radius 1 is 1.50 bits per heavy atom. The van der Waals surface area contributed by atoms with Gasteiger partial charge in [0.1, 0.15) is 0 Å². The molecule has 1 rings (SSSR count). The summed E-state index contributed by atoms with van der Waals surface area (Å²) in [6.45, 7) is 3.12. The lowest BCUT2D eigenvalue weighted by Crippen LogP contribution is -2.32. The van der Waals surface area contributed by atoms with Crippen molar-refractivity contribution in [3.8, 4) is 0 Å². The molecule has 0 unspecified atom stereocenters. The Bertz CT molecular complexity index is 468. The quantitative estimate of drug-likeness (QED) is 0.524. The summed E-state index contributed by atoms with van der Waals surface area (Å²) in [6, 6.07) is 5.34. The van der Waals surface area contributed by atoms with Crippen molar-refractivity contribution in [2.24, 2.45) is 0 Å². The molecule has 0 atom stereocenters. The number of nitrogens with one attached hydrogen (secondary N) is 1. The van der Waals surface area contributed by atoms with Crippen LogP contribution in [0.2, 0.25) is 5.02 Å². The Labute approximate surface area is 115 Å². The van der Waals surface area contributed by atoms with Gasteiger partial charge in [-0.2, -0.15) is 5.06 Å². The fraction of sp³-hybridized carbons (Fsp3) is 0.273. The van der Waals surface area contributed by atoms with Crippen LogP contribution < -0.4 is 5.32 Å². The Balaban J connectivity index is 2.61. The van der Waals surface area contributed by atoms with E-state index in [2.05, 4.69) is 15.2 Å². The molecule has 98 valence electrons. The Kier molecular flexibility index (Phi) is 5.33. The van der Waals surface area contributed by atoms with Crippen LogP contribution in [0.3, 0.4) is 0 Å². The highest BCUT2D eigenvalue weighted by Gasteiger charge is 2.09. The number of nitrogens with zero attached hydrogens (tertiary/aromatic N) is 1. The van der Waals surface area contributed by atoms with E-state index < -0.39 is 5.97 Å². The number of aryl methyl sites for hydroxylation is 1. The summed E-state index contributed by atoms with van der Waals surface area (Å²) < 4.78 is 0. The second kappa shape index (κ2) is 6.53. The molecule has 0 saturated heterocycles. The molecular weight excluding hydrogens is 276 g/mol. The standard InChI is InChI=1S/C11H13ClN2O3S/c1-7-6-9(12)4-5-10(7)13-11(18)14(3)17-16-8(2)15/h4-6H,1-3H3,(H,13,18). The van der Waals surface area contributed by atoms with Gasteiger partial charge in [-0.1, -0.05) is 16.6 Å². The number of thiocarbonyl (C=S) groups is 1. The number of hydrogen-bond acceptors (Lipinski definition) is 4. The Morgan fingerprint density at radius 3 is 2.72 bits per heavy atom. The summed E-state index contributed by atoms with van der Waals surface area (Å²) in [5.41, 5.74) is 1.73. The molecule has 5 nitrogen and oxygen atoms in total. The molecule has 0 aliphatic carbocycles. The van der Waals surface area contributed by atoms with Crippen molar-refractivity contribution < 1.29 is 14.7 Å². The van der Waals surface area contributed by atoms with Crippen molar-refractivity contribution in [1.82, 2.24) is 5.06 Å². The van der Waals surface area contributed by atoms with E-state index in [1.165, 1.54) is 14.0 Å². The minimum atomic E-state index is -0.563. The van der Waals surface area contributed by atoms with Gasteiger partial charge in [-0.25, -0.2) is 4.79 Å². The van der Waals surface area contributed by atoms with Crippen LogP contribution in [-0.4, -0.2) is 23.2 Å². The van der Waals surface area contributed by atoms with Gasteiger partial charge < -0.3 is 5.32 Å². The van der Waals surface area contributed by atoms with Gasteiger partial charge in [-0.05, 0) is 42.9 Å². The molecule has 0 aromatic heterocycles. The van der Waals surface area contributed by atoms with Crippen LogP contribution in [0, 0.1) is 6.92 Å². The van der Waals surface area contributed by atoms with Crippen LogP contribution in [0.5, 0.6) is 0 Å². The summed E-state index contributed by atoms with van der Waals surface area (Å²) >= 11 is 10.9. The van der Waals surface area contributed by atoms with Crippen LogP contribution >= 0.6 is 23.8 Å². The SMILES string of the molecule is CC(=O)OON(C)C(=S)Nc1ccc(Cl)cc1C. The van der Waals surface area contributed by atoms with Gasteiger partial charge in [0.2, 0.25) is 5.11 Å². The average Bonchev–Trinajstić information content (AvgIpc) is 2.29. The highest BCUT2D eigenvalue weighted by atomic mass is 35.5. The third kappa shape index (κ3) is 4.48. The van der Waals surface area contributed by atoms with Crippen LogP contribution in [0.15, 0.2) is 18.2 Å². The second-order valence-corrected chi connectivity index (χ2v) is 4.36. The van der Waals surface area contributed by atoms with E-state index >= 15 is 0 Å². The number of rotatable bonds is 3. The number of anilines is 1. The number of carbonyl (C=O) groups is 1. The summed E-state index contributed by atoms with van der Waals surface area (Å²) in [5.74, 6) is -0.563. The van der Waals surface area contributed by atoms with Crippen LogP contribution in [0.4, 0.5) is 5.69 Å². The van der Waals surface area contributed by atoms with E-state index in [4.69, 9.17) is 23.8 Å². The van der Waals surface area contributed by atoms with Gasteiger partial charge in [-0.3, -0.25) is 4.89 Å². The smallest absolute Gasteiger partial charge is 0.331 e. The third-order valence-electron chi connectivity index (χ3n) is 1.98. The minimum Gasteiger partial charge on any atom is -0.331 e. The number of hydroxylamine groups is 2. The molecule has 1 aromatic rings. The zero-order valence-corrected chi connectivity index (χ0v) is 11.8. The minimum absolute atomic E-state index is 0.252. The van der Waals surface area contributed by atoms with Crippen molar-refractivity contribution in [2.75, 3.05) is 12.4 Å². The Morgan fingerprint density at radius 2 is 2.17 bits per heavy atom. The van der Waals surface area contributed by atoms with Gasteiger partial charge >= 0.3 is 5.97 Å². The zero-order chi connectivity index (χ0) is 13.7. The lowest BCUT2D eigenvalue weighted by molar-refractivity contribution is -0.362. The summed E-state index contributed by atoms with van der Waals surface area (Å²) in [5, 5.41) is 4.97. The molecule has 0 amide bonds. The predicted octanol–water partition coefficient (Wildman–Crippen LogP) is 2.69. The van der Waals surface area contributed by atoms with Crippen LogP contribution in [-0.2, 0) is 14.7 Å². The summed E-state index contributed by atoms with van der Waals surface area (Å²) in [6.07, 6.45) is 0. The normalized spacial score (nSPS) is 9.78. The van der Waals surface area contributed by atoms with Crippen molar-refractivity contribution in [3.63, 3.8) is 0 Å². The van der Waals surface area contributed by atoms with Gasteiger partial charge in [0, 0.05) is 24.7 Å². The molecule has 1 N–H and O–H groups in total. The lowest BCUT2D eigenvalue weighted by atomic mass is 10.2. The highest BCUT2D eigenvalue weighted by molar-refractivity contribution is 7.80. The predicted molar refractivity (Wildman–Crippen MR) is 73.0 cm³/mol. The highest BCUT2D eigenvalue weighted by Crippen LogP contribution is 2.19. The van der Waals surface area contributed by atoms with Gasteiger partial charge in [-0.15, -0.1) is 0 Å². The van der Waals surface area contributed by atoms with Crippen molar-refractivity contribution in [3.05, 3.63) is 28.8 Å². The van der Waals surface area contributed by atoms with Crippen molar-refractivity contribution in [1.29, 1.82) is 0 Å². The zero-order valence-electron chi connectivity index (χ0n) is 10.2. The maximum absolute atomic E-state index is 10.6. The van der Waals surface area contributed by atoms with Crippen molar-refractivity contribution in [2.45, 2.75) is 13.8 Å². The number of hydrogen-bond donors (Lipinski definition) is 1. The number of benzene rings is 1. The number of halogens is 1. The van der Waals surface area contributed by atoms with Gasteiger partial charge in [0.05, 0.1) is 0 Å². The lowest BCUT2D eigenvalue weighted by Gasteiger charge is -2.18. The van der Waals surface area contributed by atoms with E-state index in [1.807, 2.05) is 6.92 Å². The molecule has 0 saturated carbocycles. The number of carbonyl (C=O) groups excluding carboxylic acids is 1. The van der Waals surface area contributed by atoms with E-state index in [1.54, 1.807) is 18.2 Å². The van der Waals surface area contributed by atoms with E-state index in [0.29, 0.717) is 5.02 Å². The van der Waals surface area contributed by atoms with Crippen LogP contribution in [0.1, 0.15) is 12.5 Å². The van der Waals surface area contributed by atoms with E-state index in [0.717, 1.165) is 16.3 Å². The summed E-state index contributed by atoms with van der Waals surface area (Å²) in [7, 11) is 1.52. The third-order valence-corrected chi connectivity index (χ3v) is 2.58. The molecule has 0 aliphatic heterocycles. The average molecular weight is 289 g/mol. The maximum atomic E-state index is 10.6. The monoisotopic (exact) mass is 288 g/mol. The molecular formula is C11H13ClN2O3S. The molecule has 0 aliphatic rings. The van der Waals surface area contributed by atoms with E-state index in [-0.39, 0.29) is 5.11 Å². The van der Waals surface area contributed by atoms with Gasteiger partial charge in [0.25, 0.3) is 0 Å². The summed E-state index contributed by atoms with van der Waals surface area (Å²) in [4.78, 5) is 19.6.